The number of piperidine rings is 1. The van der Waals surface area contributed by atoms with Crippen molar-refractivity contribution in [3.8, 4) is 5.75 Å². The molecule has 3 fully saturated rings. The highest BCUT2D eigenvalue weighted by molar-refractivity contribution is 5.73. The molecule has 4 heteroatoms. The molecule has 5 atom stereocenters. The number of benzene rings is 1. The minimum Gasteiger partial charge on any atom is -0.486 e. The molecule has 0 amide bonds. The van der Waals surface area contributed by atoms with E-state index in [1.165, 1.54) is 43.9 Å². The predicted molar refractivity (Wildman–Crippen MR) is 104 cm³/mol. The van der Waals surface area contributed by atoms with Crippen molar-refractivity contribution in [2.45, 2.75) is 57.0 Å². The fourth-order valence-electron chi connectivity index (χ4n) is 6.20. The number of hydrogen-bond acceptors (Lipinski definition) is 4. The molecule has 1 saturated heterocycles. The number of carbonyl (C=O) groups is 1. The first-order valence-electron chi connectivity index (χ1n) is 10.7. The molecular formula is C23H31NO3. The normalized spacial score (nSPS) is 33.9. The van der Waals surface area contributed by atoms with Gasteiger partial charge in [-0.05, 0) is 67.6 Å². The van der Waals surface area contributed by atoms with Crippen molar-refractivity contribution in [2.75, 3.05) is 20.2 Å². The van der Waals surface area contributed by atoms with E-state index in [1.807, 2.05) is 6.92 Å². The van der Waals surface area contributed by atoms with E-state index in [0.29, 0.717) is 17.8 Å². The van der Waals surface area contributed by atoms with E-state index in [2.05, 4.69) is 23.5 Å². The highest BCUT2D eigenvalue weighted by Crippen LogP contribution is 2.53. The number of ether oxygens (including phenoxy) is 2. The maximum Gasteiger partial charge on any atom is 0.309 e. The Morgan fingerprint density at radius 2 is 1.96 bits per heavy atom. The molecule has 1 N–H and O–H groups in total. The minimum absolute atomic E-state index is 0.0416. The van der Waals surface area contributed by atoms with Crippen LogP contribution in [0.3, 0.4) is 0 Å². The summed E-state index contributed by atoms with van der Waals surface area (Å²) in [6.07, 6.45) is 7.27. The Bertz CT molecular complexity index is 725. The number of aryl methyl sites for hydroxylation is 1. The maximum absolute atomic E-state index is 12.2. The molecule has 0 radical (unpaired) electrons. The van der Waals surface area contributed by atoms with Crippen molar-refractivity contribution in [3.63, 3.8) is 0 Å². The van der Waals surface area contributed by atoms with Gasteiger partial charge in [-0.25, -0.2) is 0 Å². The summed E-state index contributed by atoms with van der Waals surface area (Å²) in [5, 5.41) is 3.60. The van der Waals surface area contributed by atoms with Crippen LogP contribution in [0.25, 0.3) is 0 Å². The molecule has 1 spiro atoms. The Morgan fingerprint density at radius 1 is 1.22 bits per heavy atom. The van der Waals surface area contributed by atoms with Gasteiger partial charge in [0.2, 0.25) is 0 Å². The molecule has 2 heterocycles. The summed E-state index contributed by atoms with van der Waals surface area (Å²) in [4.78, 5) is 12.2. The van der Waals surface area contributed by atoms with E-state index in [-0.39, 0.29) is 23.4 Å². The van der Waals surface area contributed by atoms with Crippen LogP contribution in [0.2, 0.25) is 0 Å². The number of methoxy groups -OCH3 is 1. The van der Waals surface area contributed by atoms with Crippen molar-refractivity contribution in [2.24, 2.45) is 23.7 Å². The van der Waals surface area contributed by atoms with Crippen LogP contribution in [0, 0.1) is 23.7 Å². The minimum atomic E-state index is -0.104. The van der Waals surface area contributed by atoms with Crippen molar-refractivity contribution in [1.29, 1.82) is 0 Å². The molecule has 4 aliphatic rings. The van der Waals surface area contributed by atoms with Crippen LogP contribution >= 0.6 is 0 Å². The molecule has 2 bridgehead atoms. The quantitative estimate of drug-likeness (QED) is 0.823. The van der Waals surface area contributed by atoms with Gasteiger partial charge in [0.25, 0.3) is 0 Å². The second kappa shape index (κ2) is 6.51. The van der Waals surface area contributed by atoms with Gasteiger partial charge in [0.15, 0.2) is 0 Å². The molecule has 2 saturated carbocycles. The monoisotopic (exact) mass is 369 g/mol. The van der Waals surface area contributed by atoms with E-state index in [1.54, 1.807) is 0 Å². The number of hydrogen-bond donors (Lipinski definition) is 1. The van der Waals surface area contributed by atoms with Crippen LogP contribution in [0.15, 0.2) is 18.2 Å². The summed E-state index contributed by atoms with van der Waals surface area (Å²) in [5.41, 5.74) is 2.63. The Hall–Kier alpha value is -1.55. The summed E-state index contributed by atoms with van der Waals surface area (Å²) in [7, 11) is 1.50. The second-order valence-electron chi connectivity index (χ2n) is 9.23. The van der Waals surface area contributed by atoms with Crippen LogP contribution in [-0.2, 0) is 16.0 Å². The van der Waals surface area contributed by atoms with Crippen LogP contribution in [0.5, 0.6) is 5.75 Å². The molecule has 0 unspecified atom stereocenters. The van der Waals surface area contributed by atoms with Gasteiger partial charge in [0.05, 0.1) is 13.0 Å². The molecule has 1 aromatic carbocycles. The average molecular weight is 370 g/mol. The highest BCUT2D eigenvalue weighted by atomic mass is 16.5. The molecule has 1 aromatic rings. The van der Waals surface area contributed by atoms with Crippen LogP contribution in [0.1, 0.15) is 56.1 Å². The molecule has 2 aliphatic heterocycles. The van der Waals surface area contributed by atoms with Crippen molar-refractivity contribution in [3.05, 3.63) is 29.3 Å². The van der Waals surface area contributed by atoms with Gasteiger partial charge in [-0.15, -0.1) is 0 Å². The molecule has 2 aliphatic carbocycles. The van der Waals surface area contributed by atoms with Crippen LogP contribution < -0.4 is 10.1 Å². The summed E-state index contributed by atoms with van der Waals surface area (Å²) < 4.78 is 11.9. The topological polar surface area (TPSA) is 47.6 Å². The number of fused-ring (bicyclic) bond motifs is 1. The average Bonchev–Trinajstić information content (AvgIpc) is 3.50. The molecule has 5 rings (SSSR count). The van der Waals surface area contributed by atoms with E-state index in [9.17, 15) is 4.79 Å². The van der Waals surface area contributed by atoms with E-state index in [0.717, 1.165) is 31.7 Å². The lowest BCUT2D eigenvalue weighted by atomic mass is 9.75. The summed E-state index contributed by atoms with van der Waals surface area (Å²) in [6.45, 7) is 4.20. The number of nitrogens with one attached hydrogen (secondary N) is 1. The molecular weight excluding hydrogens is 338 g/mol. The molecule has 27 heavy (non-hydrogen) atoms. The zero-order chi connectivity index (χ0) is 18.6. The van der Waals surface area contributed by atoms with Crippen molar-refractivity contribution < 1.29 is 14.3 Å². The third kappa shape index (κ3) is 2.79. The van der Waals surface area contributed by atoms with Gasteiger partial charge in [-0.2, -0.15) is 0 Å². The van der Waals surface area contributed by atoms with Crippen LogP contribution in [0.4, 0.5) is 0 Å². The Kier molecular flexibility index (Phi) is 4.23. The van der Waals surface area contributed by atoms with Crippen molar-refractivity contribution >= 4 is 5.97 Å². The number of carbonyl (C=O) groups excluding carboxylic acids is 1. The SMILES string of the molecule is COC(=O)[C@H](C)[C@H](c1ccc2c(c1)O[C@@]1(CC2)[C@@H]2CC[C@H]1CNC2)C1CC1. The fraction of sp³-hybridized carbons (Fsp3) is 0.696. The van der Waals surface area contributed by atoms with E-state index >= 15 is 0 Å². The lowest BCUT2D eigenvalue weighted by Crippen LogP contribution is -2.57. The first-order valence-corrected chi connectivity index (χ1v) is 10.7. The molecule has 146 valence electrons. The Labute approximate surface area is 162 Å². The van der Waals surface area contributed by atoms with E-state index < -0.39 is 0 Å². The smallest absolute Gasteiger partial charge is 0.309 e. The third-order valence-corrected chi connectivity index (χ3v) is 7.83. The summed E-state index contributed by atoms with van der Waals surface area (Å²) in [6, 6.07) is 6.75. The van der Waals surface area contributed by atoms with Crippen molar-refractivity contribution in [1.82, 2.24) is 5.32 Å². The van der Waals surface area contributed by atoms with Gasteiger partial charge in [-0.3, -0.25) is 4.79 Å². The maximum atomic E-state index is 12.2. The van der Waals surface area contributed by atoms with E-state index in [4.69, 9.17) is 9.47 Å². The lowest BCUT2D eigenvalue weighted by Gasteiger charge is -2.47. The Morgan fingerprint density at radius 3 is 2.63 bits per heavy atom. The molecule has 0 aromatic heterocycles. The second-order valence-corrected chi connectivity index (χ2v) is 9.23. The molecule has 4 nitrogen and oxygen atoms in total. The Balaban J connectivity index is 1.46. The predicted octanol–water partition coefficient (Wildman–Crippen LogP) is 3.68. The van der Waals surface area contributed by atoms with Gasteiger partial charge >= 0.3 is 5.97 Å². The number of esters is 1. The van der Waals surface area contributed by atoms with Gasteiger partial charge in [0, 0.05) is 24.9 Å². The largest absolute Gasteiger partial charge is 0.486 e. The first kappa shape index (κ1) is 17.5. The van der Waals surface area contributed by atoms with Gasteiger partial charge < -0.3 is 14.8 Å². The third-order valence-electron chi connectivity index (χ3n) is 7.83. The lowest BCUT2D eigenvalue weighted by molar-refractivity contribution is -0.145. The first-order chi connectivity index (χ1) is 13.1. The highest BCUT2D eigenvalue weighted by Gasteiger charge is 2.55. The summed E-state index contributed by atoms with van der Waals surface area (Å²) >= 11 is 0. The van der Waals surface area contributed by atoms with Gasteiger partial charge in [0.1, 0.15) is 11.4 Å². The number of rotatable bonds is 4. The zero-order valence-electron chi connectivity index (χ0n) is 16.5. The zero-order valence-corrected chi connectivity index (χ0v) is 16.5. The fourth-order valence-corrected chi connectivity index (χ4v) is 6.20. The standard InChI is InChI=1S/C23H31NO3/c1-14(22(25)26-2)21(16-4-5-16)17-6-3-15-9-10-23(27-20(15)11-17)18-7-8-19(23)13-24-12-18/h3,6,11,14,16,18-19,21,24H,4-5,7-10,12-13H2,1-2H3/t14-,18-,19+,21+,23+/m1/s1. The van der Waals surface area contributed by atoms with Gasteiger partial charge in [-0.1, -0.05) is 19.1 Å². The summed E-state index contributed by atoms with van der Waals surface area (Å²) in [5.74, 6) is 3.01. The van der Waals surface area contributed by atoms with Crippen LogP contribution in [-0.4, -0.2) is 31.8 Å².